The smallest absolute Gasteiger partial charge is 0.234 e. The minimum atomic E-state index is -0.139. The van der Waals surface area contributed by atoms with Gasteiger partial charge in [0.2, 0.25) is 11.5 Å². The number of hydrogen-bond acceptors (Lipinski definition) is 3. The summed E-state index contributed by atoms with van der Waals surface area (Å²) in [6, 6.07) is 0. The van der Waals surface area contributed by atoms with E-state index in [2.05, 4.69) is 6.58 Å². The lowest BCUT2D eigenvalue weighted by molar-refractivity contribution is -0.118. The summed E-state index contributed by atoms with van der Waals surface area (Å²) in [5.41, 5.74) is 0.417. The molecular formula is C9H12O3. The fourth-order valence-corrected chi connectivity index (χ4v) is 0.990. The first-order valence-corrected chi connectivity index (χ1v) is 3.96. The predicted molar refractivity (Wildman–Crippen MR) is 44.4 cm³/mol. The highest BCUT2D eigenvalue weighted by Crippen LogP contribution is 2.30. The lowest BCUT2D eigenvalue weighted by Gasteiger charge is -2.23. The zero-order valence-electron chi connectivity index (χ0n) is 7.35. The van der Waals surface area contributed by atoms with Crippen LogP contribution in [0.15, 0.2) is 23.7 Å². The molecule has 0 heterocycles. The number of carbonyl (C=O) groups is 1. The maximum Gasteiger partial charge on any atom is 0.234 e. The van der Waals surface area contributed by atoms with Crippen LogP contribution >= 0.6 is 0 Å². The molecule has 0 aromatic carbocycles. The summed E-state index contributed by atoms with van der Waals surface area (Å²) in [4.78, 5) is 11.1. The first kappa shape index (κ1) is 8.84. The van der Waals surface area contributed by atoms with Crippen LogP contribution in [0.2, 0.25) is 0 Å². The van der Waals surface area contributed by atoms with E-state index in [-0.39, 0.29) is 5.78 Å². The Balaban J connectivity index is 2.75. The van der Waals surface area contributed by atoms with Gasteiger partial charge in [0.1, 0.15) is 0 Å². The number of hydrogen-bond donors (Lipinski definition) is 0. The van der Waals surface area contributed by atoms with Crippen molar-refractivity contribution in [3.05, 3.63) is 23.7 Å². The number of carbonyl (C=O) groups excluding carboxylic acids is 1. The van der Waals surface area contributed by atoms with Crippen LogP contribution in [0.5, 0.6) is 0 Å². The molecule has 1 rings (SSSR count). The Labute approximate surface area is 71.7 Å². The van der Waals surface area contributed by atoms with Crippen molar-refractivity contribution in [2.45, 2.75) is 13.8 Å². The summed E-state index contributed by atoms with van der Waals surface area (Å²) in [5.74, 6) is 0.703. The Hall–Kier alpha value is -1.25. The number of allylic oxidation sites excluding steroid dienone is 2. The highest BCUT2D eigenvalue weighted by atomic mass is 16.5. The third-order valence-electron chi connectivity index (χ3n) is 1.54. The van der Waals surface area contributed by atoms with Crippen LogP contribution in [0.1, 0.15) is 13.8 Å². The van der Waals surface area contributed by atoms with Crippen molar-refractivity contribution < 1.29 is 14.3 Å². The van der Waals surface area contributed by atoms with E-state index in [0.29, 0.717) is 30.3 Å². The third kappa shape index (κ3) is 1.22. The van der Waals surface area contributed by atoms with Gasteiger partial charge in [-0.05, 0) is 13.8 Å². The van der Waals surface area contributed by atoms with Crippen molar-refractivity contribution in [3.8, 4) is 0 Å². The molecule has 0 saturated carbocycles. The zero-order valence-corrected chi connectivity index (χ0v) is 7.35. The van der Waals surface area contributed by atoms with Crippen LogP contribution in [0.25, 0.3) is 0 Å². The number of ketones is 1. The van der Waals surface area contributed by atoms with Crippen LogP contribution in [-0.4, -0.2) is 19.0 Å². The van der Waals surface area contributed by atoms with Crippen LogP contribution in [0.3, 0.4) is 0 Å². The third-order valence-corrected chi connectivity index (χ3v) is 1.54. The number of ether oxygens (including phenoxy) is 2. The van der Waals surface area contributed by atoms with Gasteiger partial charge in [-0.25, -0.2) is 0 Å². The summed E-state index contributed by atoms with van der Waals surface area (Å²) in [7, 11) is 0. The summed E-state index contributed by atoms with van der Waals surface area (Å²) in [6.45, 7) is 8.24. The van der Waals surface area contributed by atoms with Crippen molar-refractivity contribution in [2.24, 2.45) is 0 Å². The van der Waals surface area contributed by atoms with Crippen LogP contribution < -0.4 is 0 Å². The Morgan fingerprint density at radius 3 is 2.17 bits per heavy atom. The average Bonchev–Trinajstić information content (AvgIpc) is 2.10. The van der Waals surface area contributed by atoms with E-state index in [1.165, 1.54) is 0 Å². The molecular weight excluding hydrogens is 156 g/mol. The van der Waals surface area contributed by atoms with Gasteiger partial charge >= 0.3 is 0 Å². The van der Waals surface area contributed by atoms with Crippen molar-refractivity contribution in [2.75, 3.05) is 13.2 Å². The van der Waals surface area contributed by atoms with Gasteiger partial charge in [0.15, 0.2) is 5.76 Å². The average molecular weight is 168 g/mol. The van der Waals surface area contributed by atoms with Crippen molar-refractivity contribution in [1.29, 1.82) is 0 Å². The Morgan fingerprint density at radius 1 is 1.17 bits per heavy atom. The van der Waals surface area contributed by atoms with E-state index < -0.39 is 0 Å². The molecule has 12 heavy (non-hydrogen) atoms. The molecule has 3 heteroatoms. The van der Waals surface area contributed by atoms with E-state index in [9.17, 15) is 4.79 Å². The molecule has 0 bridgehead atoms. The Morgan fingerprint density at radius 2 is 1.67 bits per heavy atom. The second-order valence-electron chi connectivity index (χ2n) is 2.33. The molecule has 0 radical (unpaired) electrons. The van der Waals surface area contributed by atoms with Gasteiger partial charge in [-0.15, -0.1) is 0 Å². The number of rotatable bonds is 4. The Bertz CT molecular complexity index is 224. The standard InChI is InChI=1S/C9H12O3/c1-4-11-8-6(3)7(10)9(8)12-5-2/h3-5H2,1-2H3. The minimum absolute atomic E-state index is 0.139. The van der Waals surface area contributed by atoms with E-state index in [1.54, 1.807) is 0 Å². The van der Waals surface area contributed by atoms with Gasteiger partial charge in [0, 0.05) is 0 Å². The first-order valence-electron chi connectivity index (χ1n) is 3.96. The van der Waals surface area contributed by atoms with Crippen molar-refractivity contribution >= 4 is 5.78 Å². The summed E-state index contributed by atoms with van der Waals surface area (Å²) in [6.07, 6.45) is 0. The molecule has 1 aliphatic carbocycles. The Kier molecular flexibility index (Phi) is 2.53. The first-order chi connectivity index (χ1) is 5.72. The molecule has 0 aromatic heterocycles. The van der Waals surface area contributed by atoms with Crippen LogP contribution in [0, 0.1) is 0 Å². The lowest BCUT2D eigenvalue weighted by atomic mass is 9.97. The van der Waals surface area contributed by atoms with Crippen molar-refractivity contribution in [1.82, 2.24) is 0 Å². The molecule has 0 aliphatic heterocycles. The normalized spacial score (nSPS) is 16.2. The molecule has 0 atom stereocenters. The van der Waals surface area contributed by atoms with Crippen LogP contribution in [0.4, 0.5) is 0 Å². The topological polar surface area (TPSA) is 35.5 Å². The maximum absolute atomic E-state index is 11.1. The molecule has 0 spiro atoms. The van der Waals surface area contributed by atoms with E-state index in [4.69, 9.17) is 9.47 Å². The zero-order chi connectivity index (χ0) is 9.14. The van der Waals surface area contributed by atoms with Gasteiger partial charge in [-0.1, -0.05) is 6.58 Å². The molecule has 0 aromatic rings. The highest BCUT2D eigenvalue weighted by Gasteiger charge is 2.35. The summed E-state index contributed by atoms with van der Waals surface area (Å²) < 4.78 is 10.2. The molecule has 0 N–H and O–H groups in total. The van der Waals surface area contributed by atoms with E-state index >= 15 is 0 Å². The molecule has 0 amide bonds. The lowest BCUT2D eigenvalue weighted by Crippen LogP contribution is -2.25. The quantitative estimate of drug-likeness (QED) is 0.595. The second-order valence-corrected chi connectivity index (χ2v) is 2.33. The van der Waals surface area contributed by atoms with Gasteiger partial charge in [0.25, 0.3) is 0 Å². The predicted octanol–water partition coefficient (Wildman–Crippen LogP) is 1.41. The fraction of sp³-hybridized carbons (Fsp3) is 0.444. The van der Waals surface area contributed by atoms with E-state index in [1.807, 2.05) is 13.8 Å². The highest BCUT2D eigenvalue weighted by molar-refractivity contribution is 6.17. The SMILES string of the molecule is C=C1C(=O)C(OCC)=C1OCC. The second kappa shape index (κ2) is 3.43. The van der Waals surface area contributed by atoms with Gasteiger partial charge in [0.05, 0.1) is 18.8 Å². The van der Waals surface area contributed by atoms with E-state index in [0.717, 1.165) is 0 Å². The molecule has 0 unspecified atom stereocenters. The molecule has 0 saturated heterocycles. The van der Waals surface area contributed by atoms with Crippen molar-refractivity contribution in [3.63, 3.8) is 0 Å². The van der Waals surface area contributed by atoms with Gasteiger partial charge in [-0.2, -0.15) is 0 Å². The maximum atomic E-state index is 11.1. The fourth-order valence-electron chi connectivity index (χ4n) is 0.990. The van der Waals surface area contributed by atoms with Crippen LogP contribution in [-0.2, 0) is 14.3 Å². The van der Waals surface area contributed by atoms with Gasteiger partial charge in [-0.3, -0.25) is 4.79 Å². The molecule has 1 aliphatic rings. The molecule has 3 nitrogen and oxygen atoms in total. The molecule has 0 fully saturated rings. The monoisotopic (exact) mass is 168 g/mol. The summed E-state index contributed by atoms with van der Waals surface area (Å²) in [5, 5.41) is 0. The number of Topliss-reactive ketones (excluding diaryl/α,β-unsaturated/α-hetero) is 1. The van der Waals surface area contributed by atoms with Gasteiger partial charge < -0.3 is 9.47 Å². The summed E-state index contributed by atoms with van der Waals surface area (Å²) >= 11 is 0. The minimum Gasteiger partial charge on any atom is -0.489 e. The molecule has 66 valence electrons. The largest absolute Gasteiger partial charge is 0.489 e.